The standard InChI is InChI=1S/C20H23NO2S/c22-20(23)17-9-4-12-21(15-17)13-5-10-18(19-11-6-14-24-19)16-7-2-1-3-8-16/h1-3,6-8,10-11,14,17H,4-5,9,12-13,15H2,(H,22,23). The lowest BCUT2D eigenvalue weighted by molar-refractivity contribution is -0.143. The minimum atomic E-state index is -0.654. The predicted molar refractivity (Wildman–Crippen MR) is 99.3 cm³/mol. The third-order valence-corrected chi connectivity index (χ3v) is 5.42. The van der Waals surface area contributed by atoms with Gasteiger partial charge in [-0.1, -0.05) is 42.5 Å². The Balaban J connectivity index is 1.67. The van der Waals surface area contributed by atoms with Gasteiger partial charge in [-0.2, -0.15) is 0 Å². The minimum absolute atomic E-state index is 0.200. The lowest BCUT2D eigenvalue weighted by Crippen LogP contribution is -2.39. The second-order valence-electron chi connectivity index (χ2n) is 6.23. The summed E-state index contributed by atoms with van der Waals surface area (Å²) in [5.41, 5.74) is 2.51. The number of benzene rings is 1. The van der Waals surface area contributed by atoms with Crippen LogP contribution in [0, 0.1) is 5.92 Å². The van der Waals surface area contributed by atoms with E-state index < -0.39 is 5.97 Å². The van der Waals surface area contributed by atoms with Crippen LogP contribution in [0.25, 0.3) is 5.57 Å². The molecular formula is C20H23NO2S. The van der Waals surface area contributed by atoms with Crippen LogP contribution in [0.2, 0.25) is 0 Å². The van der Waals surface area contributed by atoms with Crippen molar-refractivity contribution in [2.45, 2.75) is 19.3 Å². The van der Waals surface area contributed by atoms with Crippen molar-refractivity contribution < 1.29 is 9.90 Å². The molecule has 1 N–H and O–H groups in total. The summed E-state index contributed by atoms with van der Waals surface area (Å²) in [6, 6.07) is 14.7. The molecule has 1 fully saturated rings. The lowest BCUT2D eigenvalue weighted by atomic mass is 9.98. The van der Waals surface area contributed by atoms with Crippen LogP contribution in [0.1, 0.15) is 29.7 Å². The molecule has 0 bridgehead atoms. The Morgan fingerprint density at radius 3 is 2.79 bits per heavy atom. The van der Waals surface area contributed by atoms with Crippen LogP contribution in [0.15, 0.2) is 53.9 Å². The first-order chi connectivity index (χ1) is 11.7. The van der Waals surface area contributed by atoms with Gasteiger partial charge in [0.2, 0.25) is 0 Å². The number of hydrogen-bond donors (Lipinski definition) is 1. The lowest BCUT2D eigenvalue weighted by Gasteiger charge is -2.30. The maximum atomic E-state index is 11.2. The van der Waals surface area contributed by atoms with E-state index in [9.17, 15) is 9.90 Å². The molecule has 0 spiro atoms. The largest absolute Gasteiger partial charge is 0.481 e. The highest BCUT2D eigenvalue weighted by Gasteiger charge is 2.24. The number of rotatable bonds is 6. The van der Waals surface area contributed by atoms with E-state index in [1.165, 1.54) is 16.0 Å². The van der Waals surface area contributed by atoms with E-state index in [0.29, 0.717) is 6.54 Å². The molecule has 1 aromatic heterocycles. The molecule has 1 aromatic carbocycles. The van der Waals surface area contributed by atoms with Gasteiger partial charge in [-0.25, -0.2) is 0 Å². The number of aliphatic carboxylic acids is 1. The first-order valence-electron chi connectivity index (χ1n) is 8.48. The molecule has 24 heavy (non-hydrogen) atoms. The quantitative estimate of drug-likeness (QED) is 0.848. The molecule has 0 radical (unpaired) electrons. The fourth-order valence-electron chi connectivity index (χ4n) is 3.26. The number of carboxylic acids is 1. The monoisotopic (exact) mass is 341 g/mol. The summed E-state index contributed by atoms with van der Waals surface area (Å²) in [5.74, 6) is -0.854. The molecule has 0 amide bonds. The summed E-state index contributed by atoms with van der Waals surface area (Å²) in [5, 5.41) is 11.3. The van der Waals surface area contributed by atoms with Crippen LogP contribution in [-0.2, 0) is 4.79 Å². The van der Waals surface area contributed by atoms with E-state index in [1.54, 1.807) is 11.3 Å². The third-order valence-electron chi connectivity index (χ3n) is 4.52. The van der Waals surface area contributed by atoms with Crippen molar-refractivity contribution in [3.63, 3.8) is 0 Å². The van der Waals surface area contributed by atoms with Crippen molar-refractivity contribution in [3.05, 3.63) is 64.4 Å². The van der Waals surface area contributed by atoms with Crippen molar-refractivity contribution in [1.82, 2.24) is 4.90 Å². The second kappa shape index (κ2) is 8.27. The van der Waals surface area contributed by atoms with Gasteiger partial charge in [-0.3, -0.25) is 4.79 Å². The van der Waals surface area contributed by atoms with E-state index in [1.807, 2.05) is 6.07 Å². The van der Waals surface area contributed by atoms with Crippen molar-refractivity contribution in [2.75, 3.05) is 19.6 Å². The minimum Gasteiger partial charge on any atom is -0.481 e. The van der Waals surface area contributed by atoms with Gasteiger partial charge < -0.3 is 10.0 Å². The fraction of sp³-hybridized carbons (Fsp3) is 0.350. The maximum absolute atomic E-state index is 11.2. The van der Waals surface area contributed by atoms with Crippen LogP contribution in [0.3, 0.4) is 0 Å². The number of likely N-dealkylation sites (tertiary alicyclic amines) is 1. The molecule has 0 aliphatic carbocycles. The normalized spacial score (nSPS) is 19.3. The summed E-state index contributed by atoms with van der Waals surface area (Å²) >= 11 is 1.76. The van der Waals surface area contributed by atoms with E-state index in [2.05, 4.69) is 52.8 Å². The molecule has 1 aliphatic rings. The zero-order chi connectivity index (χ0) is 16.8. The van der Waals surface area contributed by atoms with Crippen LogP contribution >= 0.6 is 11.3 Å². The average molecular weight is 341 g/mol. The average Bonchev–Trinajstić information content (AvgIpc) is 3.14. The Morgan fingerprint density at radius 2 is 2.08 bits per heavy atom. The van der Waals surface area contributed by atoms with Crippen LogP contribution in [0.4, 0.5) is 0 Å². The summed E-state index contributed by atoms with van der Waals surface area (Å²) in [6.07, 6.45) is 5.03. The molecule has 2 aromatic rings. The van der Waals surface area contributed by atoms with Crippen LogP contribution < -0.4 is 0 Å². The Hall–Kier alpha value is -1.91. The Labute approximate surface area is 147 Å². The number of thiophene rings is 1. The topological polar surface area (TPSA) is 40.5 Å². The molecule has 1 aliphatic heterocycles. The molecule has 1 unspecified atom stereocenters. The van der Waals surface area contributed by atoms with Gasteiger partial charge >= 0.3 is 5.97 Å². The SMILES string of the molecule is O=C(O)C1CCCN(CCC=C(c2ccccc2)c2cccs2)C1. The molecule has 2 heterocycles. The molecule has 1 atom stereocenters. The zero-order valence-corrected chi connectivity index (χ0v) is 14.5. The molecule has 3 nitrogen and oxygen atoms in total. The molecule has 4 heteroatoms. The van der Waals surface area contributed by atoms with Gasteiger partial charge in [-0.05, 0) is 48.4 Å². The Bertz CT molecular complexity index is 679. The van der Waals surface area contributed by atoms with E-state index in [0.717, 1.165) is 32.4 Å². The number of nitrogens with zero attached hydrogens (tertiary/aromatic N) is 1. The molecule has 0 saturated carbocycles. The number of piperidine rings is 1. The van der Waals surface area contributed by atoms with Gasteiger partial charge in [0.25, 0.3) is 0 Å². The van der Waals surface area contributed by atoms with Gasteiger partial charge in [-0.15, -0.1) is 11.3 Å². The molecule has 126 valence electrons. The third kappa shape index (κ3) is 4.34. The van der Waals surface area contributed by atoms with Gasteiger partial charge in [0, 0.05) is 18.0 Å². The Morgan fingerprint density at radius 1 is 1.25 bits per heavy atom. The first kappa shape index (κ1) is 16.9. The van der Waals surface area contributed by atoms with Crippen molar-refractivity contribution >= 4 is 22.9 Å². The number of carbonyl (C=O) groups is 1. The predicted octanol–water partition coefficient (Wildman–Crippen LogP) is 4.37. The number of hydrogen-bond acceptors (Lipinski definition) is 3. The van der Waals surface area contributed by atoms with Gasteiger partial charge in [0.05, 0.1) is 5.92 Å². The highest BCUT2D eigenvalue weighted by molar-refractivity contribution is 7.11. The van der Waals surface area contributed by atoms with Crippen LogP contribution in [-0.4, -0.2) is 35.6 Å². The summed E-state index contributed by atoms with van der Waals surface area (Å²) in [7, 11) is 0. The Kier molecular flexibility index (Phi) is 5.83. The van der Waals surface area contributed by atoms with E-state index in [-0.39, 0.29) is 5.92 Å². The van der Waals surface area contributed by atoms with Crippen LogP contribution in [0.5, 0.6) is 0 Å². The van der Waals surface area contributed by atoms with E-state index >= 15 is 0 Å². The molecular weight excluding hydrogens is 318 g/mol. The first-order valence-corrected chi connectivity index (χ1v) is 9.36. The fourth-order valence-corrected chi connectivity index (χ4v) is 4.05. The van der Waals surface area contributed by atoms with Crippen molar-refractivity contribution in [2.24, 2.45) is 5.92 Å². The van der Waals surface area contributed by atoms with Crippen molar-refractivity contribution in [3.8, 4) is 0 Å². The molecule has 1 saturated heterocycles. The second-order valence-corrected chi connectivity index (χ2v) is 7.18. The zero-order valence-electron chi connectivity index (χ0n) is 13.7. The summed E-state index contributed by atoms with van der Waals surface area (Å²) in [4.78, 5) is 14.8. The van der Waals surface area contributed by atoms with E-state index in [4.69, 9.17) is 0 Å². The number of carboxylic acid groups (broad SMARTS) is 1. The van der Waals surface area contributed by atoms with Crippen molar-refractivity contribution in [1.29, 1.82) is 0 Å². The highest BCUT2D eigenvalue weighted by Crippen LogP contribution is 2.27. The van der Waals surface area contributed by atoms with Gasteiger partial charge in [0.1, 0.15) is 0 Å². The smallest absolute Gasteiger partial charge is 0.307 e. The van der Waals surface area contributed by atoms with Gasteiger partial charge in [0.15, 0.2) is 0 Å². The summed E-state index contributed by atoms with van der Waals surface area (Å²) in [6.45, 7) is 2.62. The summed E-state index contributed by atoms with van der Waals surface area (Å²) < 4.78 is 0. The highest BCUT2D eigenvalue weighted by atomic mass is 32.1. The maximum Gasteiger partial charge on any atom is 0.307 e. The molecule has 3 rings (SSSR count).